The molecule has 0 aliphatic rings. The van der Waals surface area contributed by atoms with Gasteiger partial charge in [-0.25, -0.2) is 9.59 Å². The first-order valence-electron chi connectivity index (χ1n) is 22.2. The van der Waals surface area contributed by atoms with Gasteiger partial charge in [0.25, 0.3) is 0 Å². The molecule has 5 aromatic carbocycles. The van der Waals surface area contributed by atoms with Gasteiger partial charge in [0.2, 0.25) is 0 Å². The molecule has 0 spiro atoms. The fourth-order valence-corrected chi connectivity index (χ4v) is 7.47. The van der Waals surface area contributed by atoms with Gasteiger partial charge in [-0.3, -0.25) is 9.98 Å². The topological polar surface area (TPSA) is 95.8 Å². The van der Waals surface area contributed by atoms with Crippen LogP contribution in [0.3, 0.4) is 0 Å². The molecule has 338 valence electrons. The van der Waals surface area contributed by atoms with E-state index < -0.39 is 11.9 Å². The third-order valence-corrected chi connectivity index (χ3v) is 11.4. The van der Waals surface area contributed by atoms with Crippen LogP contribution in [0.4, 0.5) is 11.4 Å². The number of nitrogens with zero attached hydrogens (tertiary/aromatic N) is 2. The van der Waals surface area contributed by atoms with Crippen LogP contribution in [-0.2, 0) is 0 Å². The van der Waals surface area contributed by atoms with E-state index in [1.807, 2.05) is 24.3 Å². The number of aliphatic imine (C=N–C) groups is 2. The van der Waals surface area contributed by atoms with E-state index in [0.29, 0.717) is 46.1 Å². The number of benzene rings is 5. The summed E-state index contributed by atoms with van der Waals surface area (Å²) in [6.07, 6.45) is 20.3. The Kier molecular flexibility index (Phi) is 21.5. The zero-order valence-electron chi connectivity index (χ0n) is 36.6. The highest BCUT2D eigenvalue weighted by molar-refractivity contribution is 6.36. The lowest BCUT2D eigenvalue weighted by molar-refractivity contribution is 0.0733. The number of esters is 2. The lowest BCUT2D eigenvalue weighted by Gasteiger charge is -2.11. The molecule has 5 aromatic rings. The van der Waals surface area contributed by atoms with Crippen molar-refractivity contribution in [2.75, 3.05) is 13.2 Å². The van der Waals surface area contributed by atoms with Gasteiger partial charge in [-0.1, -0.05) is 162 Å². The lowest BCUT2D eigenvalue weighted by atomic mass is 10.1. The maximum atomic E-state index is 13.1. The molecular weight excluding hydrogens is 890 g/mol. The number of rotatable bonds is 26. The quantitative estimate of drug-likeness (QED) is 0.0237. The van der Waals surface area contributed by atoms with Gasteiger partial charge in [-0.15, -0.1) is 0 Å². The summed E-state index contributed by atoms with van der Waals surface area (Å²) in [4.78, 5) is 35.3. The van der Waals surface area contributed by atoms with E-state index in [-0.39, 0.29) is 32.7 Å². The highest BCUT2D eigenvalue weighted by Gasteiger charge is 2.18. The molecule has 0 saturated carbocycles. The van der Waals surface area contributed by atoms with Crippen LogP contribution in [0.2, 0.25) is 20.1 Å². The van der Waals surface area contributed by atoms with Gasteiger partial charge in [0.1, 0.15) is 11.5 Å². The van der Waals surface area contributed by atoms with E-state index in [4.69, 9.17) is 65.4 Å². The lowest BCUT2D eigenvalue weighted by Crippen LogP contribution is -2.11. The smallest absolute Gasteiger partial charge is 0.343 e. The number of ether oxygens (including phenoxy) is 4. The van der Waals surface area contributed by atoms with Crippen molar-refractivity contribution in [1.82, 2.24) is 0 Å². The molecule has 0 fully saturated rings. The minimum absolute atomic E-state index is 0.0318. The zero-order valence-corrected chi connectivity index (χ0v) is 39.6. The van der Waals surface area contributed by atoms with E-state index in [9.17, 15) is 9.59 Å². The average Bonchev–Trinajstić information content (AvgIpc) is 3.29. The molecule has 0 unspecified atom stereocenters. The predicted molar refractivity (Wildman–Crippen MR) is 264 cm³/mol. The van der Waals surface area contributed by atoms with Crippen LogP contribution in [0.1, 0.15) is 136 Å². The van der Waals surface area contributed by atoms with Crippen molar-refractivity contribution in [2.24, 2.45) is 9.98 Å². The normalized spacial score (nSPS) is 11.3. The molecule has 0 radical (unpaired) electrons. The number of hydrogen-bond donors (Lipinski definition) is 0. The monoisotopic (exact) mass is 944 g/mol. The Bertz CT molecular complexity index is 2160. The van der Waals surface area contributed by atoms with Gasteiger partial charge in [0.05, 0.1) is 55.8 Å². The third-order valence-electron chi connectivity index (χ3n) is 10.3. The van der Waals surface area contributed by atoms with Gasteiger partial charge in [0, 0.05) is 18.5 Å². The van der Waals surface area contributed by atoms with Gasteiger partial charge >= 0.3 is 11.9 Å². The summed E-state index contributed by atoms with van der Waals surface area (Å²) in [5.74, 6) is -0.140. The first kappa shape index (κ1) is 50.1. The van der Waals surface area contributed by atoms with E-state index in [2.05, 4.69) is 23.8 Å². The SMILES string of the molecule is CCCCCCCCCOc1ccc(N=Cc2ccc(C(=O)Oc3cc(OC(=O)c4ccc(C=Nc5ccc(OCCCCCCCCC)c(Cl)c5)cc4)c(Cl)cc3Cl)cc2)cc1Cl. The second-order valence-electron chi connectivity index (χ2n) is 15.4. The molecule has 12 heteroatoms. The average molecular weight is 947 g/mol. The number of halogens is 4. The maximum absolute atomic E-state index is 13.1. The summed E-state index contributed by atoms with van der Waals surface area (Å²) in [7, 11) is 0. The Morgan fingerprint density at radius 1 is 0.438 bits per heavy atom. The molecule has 8 nitrogen and oxygen atoms in total. The fraction of sp³-hybridized carbons (Fsp3) is 0.346. The maximum Gasteiger partial charge on any atom is 0.343 e. The van der Waals surface area contributed by atoms with Crippen molar-refractivity contribution in [3.63, 3.8) is 0 Å². The molecule has 0 atom stereocenters. The van der Waals surface area contributed by atoms with Crippen LogP contribution in [0.25, 0.3) is 0 Å². The molecule has 0 N–H and O–H groups in total. The van der Waals surface area contributed by atoms with E-state index >= 15 is 0 Å². The van der Waals surface area contributed by atoms with Crippen molar-refractivity contribution >= 4 is 82.1 Å². The van der Waals surface area contributed by atoms with Crippen LogP contribution < -0.4 is 18.9 Å². The first-order valence-corrected chi connectivity index (χ1v) is 23.7. The highest BCUT2D eigenvalue weighted by Crippen LogP contribution is 2.37. The fourth-order valence-electron chi connectivity index (χ4n) is 6.55. The Labute approximate surface area is 397 Å². The number of hydrogen-bond acceptors (Lipinski definition) is 8. The molecule has 0 aromatic heterocycles. The van der Waals surface area contributed by atoms with Gasteiger partial charge in [-0.2, -0.15) is 0 Å². The Morgan fingerprint density at radius 2 is 0.797 bits per heavy atom. The second kappa shape index (κ2) is 27.5. The van der Waals surface area contributed by atoms with Crippen LogP contribution in [0, 0.1) is 0 Å². The molecule has 0 aliphatic heterocycles. The van der Waals surface area contributed by atoms with Crippen molar-refractivity contribution in [1.29, 1.82) is 0 Å². The van der Waals surface area contributed by atoms with Crippen molar-refractivity contribution in [3.8, 4) is 23.0 Å². The van der Waals surface area contributed by atoms with Crippen molar-refractivity contribution < 1.29 is 28.5 Å². The molecule has 5 rings (SSSR count). The minimum atomic E-state index is -0.675. The zero-order chi connectivity index (χ0) is 45.5. The standard InChI is InChI=1S/C52H56Cl4N2O6/c1-3-5-7-9-11-13-15-29-61-47-27-25-41(31-43(47)53)57-35-37-17-21-39(22-18-37)51(59)63-49-34-50(46(56)33-45(49)55)64-52(60)40-23-19-38(20-24-40)36-58-42-26-28-48(44(54)32-42)62-30-16-14-12-10-8-6-4-2/h17-28,31-36H,3-16,29-30H2,1-2H3. The number of unbranched alkanes of at least 4 members (excludes halogenated alkanes) is 12. The summed E-state index contributed by atoms with van der Waals surface area (Å²) < 4.78 is 23.0. The summed E-state index contributed by atoms with van der Waals surface area (Å²) in [6.45, 7) is 5.70. The summed E-state index contributed by atoms with van der Waals surface area (Å²) in [5.41, 5.74) is 3.35. The molecule has 0 amide bonds. The van der Waals surface area contributed by atoms with Gasteiger partial charge in [-0.05, 0) is 90.7 Å². The number of carbonyl (C=O) groups excluding carboxylic acids is 2. The third kappa shape index (κ3) is 16.9. The van der Waals surface area contributed by atoms with Crippen LogP contribution >= 0.6 is 46.4 Å². The van der Waals surface area contributed by atoms with Crippen molar-refractivity contribution in [3.05, 3.63) is 139 Å². The Hall–Kier alpha value is -4.86. The van der Waals surface area contributed by atoms with Crippen LogP contribution in [-0.4, -0.2) is 37.6 Å². The molecule has 0 bridgehead atoms. The molecule has 0 heterocycles. The Balaban J connectivity index is 1.09. The van der Waals surface area contributed by atoms with Crippen molar-refractivity contribution in [2.45, 2.75) is 104 Å². The van der Waals surface area contributed by atoms with E-state index in [0.717, 1.165) is 36.8 Å². The van der Waals surface area contributed by atoms with Gasteiger partial charge < -0.3 is 18.9 Å². The molecule has 64 heavy (non-hydrogen) atoms. The highest BCUT2D eigenvalue weighted by atomic mass is 35.5. The second-order valence-corrected chi connectivity index (χ2v) is 17.1. The molecule has 0 saturated heterocycles. The van der Waals surface area contributed by atoms with Crippen LogP contribution in [0.15, 0.2) is 107 Å². The largest absolute Gasteiger partial charge is 0.492 e. The molecular formula is C52H56Cl4N2O6. The number of carbonyl (C=O) groups is 2. The predicted octanol–water partition coefficient (Wildman–Crippen LogP) is 16.5. The Morgan fingerprint density at radius 3 is 1.17 bits per heavy atom. The summed E-state index contributed by atoms with van der Waals surface area (Å²) in [5, 5.41) is 1.11. The molecule has 0 aliphatic carbocycles. The van der Waals surface area contributed by atoms with Crippen LogP contribution in [0.5, 0.6) is 23.0 Å². The van der Waals surface area contributed by atoms with Gasteiger partial charge in [0.15, 0.2) is 11.5 Å². The summed E-state index contributed by atoms with van der Waals surface area (Å²) >= 11 is 25.7. The first-order chi connectivity index (χ1) is 31.1. The van der Waals surface area contributed by atoms with E-state index in [1.54, 1.807) is 73.1 Å². The minimum Gasteiger partial charge on any atom is -0.492 e. The van der Waals surface area contributed by atoms with E-state index in [1.165, 1.54) is 76.3 Å². The summed E-state index contributed by atoms with van der Waals surface area (Å²) in [6, 6.07) is 26.8.